The summed E-state index contributed by atoms with van der Waals surface area (Å²) in [5, 5.41) is 18.4. The van der Waals surface area contributed by atoms with Crippen LogP contribution in [0.5, 0.6) is 5.75 Å². The van der Waals surface area contributed by atoms with Crippen LogP contribution in [0.15, 0.2) is 24.3 Å². The Labute approximate surface area is 164 Å². The molecule has 0 aliphatic carbocycles. The van der Waals surface area contributed by atoms with Crippen LogP contribution < -0.4 is 4.74 Å². The largest absolute Gasteiger partial charge is 0.490 e. The molecule has 0 atom stereocenters. The maximum atomic E-state index is 12.8. The molecule has 0 radical (unpaired) electrons. The number of piperidine rings is 1. The number of rotatable bonds is 6. The van der Waals surface area contributed by atoms with E-state index >= 15 is 0 Å². The highest BCUT2D eigenvalue weighted by Crippen LogP contribution is 2.34. The molecule has 8 nitrogen and oxygen atoms in total. The maximum absolute atomic E-state index is 12.8. The van der Waals surface area contributed by atoms with Crippen LogP contribution in [0.4, 0.5) is 0 Å². The van der Waals surface area contributed by atoms with E-state index in [1.54, 1.807) is 24.3 Å². The summed E-state index contributed by atoms with van der Waals surface area (Å²) in [6, 6.07) is 8.85. The van der Waals surface area contributed by atoms with Gasteiger partial charge in [0.25, 0.3) is 0 Å². The van der Waals surface area contributed by atoms with E-state index in [9.17, 15) is 18.3 Å². The molecular weight excluding hydrogens is 384 g/mol. The van der Waals surface area contributed by atoms with Gasteiger partial charge in [-0.05, 0) is 49.9 Å². The van der Waals surface area contributed by atoms with Crippen molar-refractivity contribution in [1.29, 1.82) is 5.26 Å². The third-order valence-electron chi connectivity index (χ3n) is 5.44. The molecule has 0 bridgehead atoms. The van der Waals surface area contributed by atoms with Crippen molar-refractivity contribution in [3.05, 3.63) is 29.8 Å². The number of nitriles is 1. The second-order valence-corrected chi connectivity index (χ2v) is 9.28. The average molecular weight is 408 g/mol. The summed E-state index contributed by atoms with van der Waals surface area (Å²) in [7, 11) is -3.69. The van der Waals surface area contributed by atoms with Crippen molar-refractivity contribution in [2.45, 2.75) is 31.8 Å². The highest BCUT2D eigenvalue weighted by molar-refractivity contribution is 7.89. The Balaban J connectivity index is 1.58. The summed E-state index contributed by atoms with van der Waals surface area (Å²) in [6.07, 6.45) is 1.36. The number of ether oxygens (including phenoxy) is 2. The van der Waals surface area contributed by atoms with E-state index < -0.39 is 21.4 Å². The summed E-state index contributed by atoms with van der Waals surface area (Å²) in [4.78, 5) is 11.8. The molecule has 0 unspecified atom stereocenters. The predicted molar refractivity (Wildman–Crippen MR) is 100 cm³/mol. The highest BCUT2D eigenvalue weighted by atomic mass is 32.2. The summed E-state index contributed by atoms with van der Waals surface area (Å²) >= 11 is 0. The average Bonchev–Trinajstić information content (AvgIpc) is 2.69. The molecule has 2 heterocycles. The van der Waals surface area contributed by atoms with Gasteiger partial charge in [-0.2, -0.15) is 5.26 Å². The van der Waals surface area contributed by atoms with Gasteiger partial charge in [-0.25, -0.2) is 12.7 Å². The van der Waals surface area contributed by atoms with Crippen LogP contribution in [0.3, 0.4) is 0 Å². The van der Waals surface area contributed by atoms with Gasteiger partial charge in [0.1, 0.15) is 11.9 Å². The first kappa shape index (κ1) is 20.6. The topological polar surface area (TPSA) is 117 Å². The maximum Gasteiger partial charge on any atom is 0.310 e. The number of sulfonamides is 1. The zero-order valence-electron chi connectivity index (χ0n) is 15.5. The van der Waals surface area contributed by atoms with Crippen LogP contribution >= 0.6 is 0 Å². The van der Waals surface area contributed by atoms with Gasteiger partial charge in [0.2, 0.25) is 10.0 Å². The van der Waals surface area contributed by atoms with Crippen molar-refractivity contribution < 1.29 is 27.8 Å². The Morgan fingerprint density at radius 1 is 1.25 bits per heavy atom. The first-order valence-electron chi connectivity index (χ1n) is 9.30. The fourth-order valence-corrected chi connectivity index (χ4v) is 5.71. The molecule has 3 rings (SSSR count). The molecule has 2 saturated heterocycles. The monoisotopic (exact) mass is 408 g/mol. The molecule has 2 aliphatic heterocycles. The van der Waals surface area contributed by atoms with Crippen molar-refractivity contribution >= 4 is 16.0 Å². The van der Waals surface area contributed by atoms with Gasteiger partial charge in [-0.15, -0.1) is 0 Å². The minimum atomic E-state index is -3.69. The van der Waals surface area contributed by atoms with Crippen LogP contribution in [-0.4, -0.2) is 62.0 Å². The van der Waals surface area contributed by atoms with E-state index in [-0.39, 0.29) is 37.9 Å². The van der Waals surface area contributed by atoms with E-state index in [0.717, 1.165) is 0 Å². The molecule has 9 heteroatoms. The van der Waals surface area contributed by atoms with Crippen LogP contribution in [0.25, 0.3) is 0 Å². The molecule has 152 valence electrons. The summed E-state index contributed by atoms with van der Waals surface area (Å²) in [5.41, 5.74) is -0.721. The van der Waals surface area contributed by atoms with Gasteiger partial charge in [0, 0.05) is 26.3 Å². The van der Waals surface area contributed by atoms with Crippen molar-refractivity contribution in [3.63, 3.8) is 0 Å². The molecule has 2 fully saturated rings. The molecular formula is C19H24N2O6S. The van der Waals surface area contributed by atoms with Gasteiger partial charge in [0.05, 0.1) is 22.8 Å². The van der Waals surface area contributed by atoms with Gasteiger partial charge in [-0.3, -0.25) is 4.79 Å². The van der Waals surface area contributed by atoms with E-state index in [0.29, 0.717) is 37.2 Å². The lowest BCUT2D eigenvalue weighted by molar-refractivity contribution is -0.152. The van der Waals surface area contributed by atoms with Gasteiger partial charge >= 0.3 is 5.97 Å². The number of hydrogen-bond acceptors (Lipinski definition) is 6. The zero-order valence-corrected chi connectivity index (χ0v) is 16.4. The number of benzene rings is 1. The molecule has 28 heavy (non-hydrogen) atoms. The van der Waals surface area contributed by atoms with Gasteiger partial charge in [-0.1, -0.05) is 0 Å². The summed E-state index contributed by atoms with van der Waals surface area (Å²) < 4.78 is 38.2. The van der Waals surface area contributed by atoms with Crippen LogP contribution in [-0.2, 0) is 19.6 Å². The first-order chi connectivity index (χ1) is 13.3. The second-order valence-electron chi connectivity index (χ2n) is 7.31. The van der Waals surface area contributed by atoms with E-state index in [4.69, 9.17) is 14.7 Å². The Hall–Kier alpha value is -2.15. The molecule has 1 N–H and O–H groups in total. The third-order valence-corrected chi connectivity index (χ3v) is 7.51. The minimum Gasteiger partial charge on any atom is -0.490 e. The van der Waals surface area contributed by atoms with E-state index in [2.05, 4.69) is 0 Å². The third kappa shape index (κ3) is 4.63. The number of carboxylic acid groups (broad SMARTS) is 1. The Kier molecular flexibility index (Phi) is 6.23. The number of hydrogen-bond donors (Lipinski definition) is 1. The number of carboxylic acids is 1. The lowest BCUT2D eigenvalue weighted by Gasteiger charge is -2.36. The normalized spacial score (nSPS) is 21.0. The summed E-state index contributed by atoms with van der Waals surface area (Å²) in [6.45, 7) is 1.13. The molecule has 0 saturated carbocycles. The fourth-order valence-electron chi connectivity index (χ4n) is 3.65. The second kappa shape index (κ2) is 8.47. The SMILES string of the molecule is N#Cc1ccc(OC2CCN(S(=O)(=O)CC3(C(=O)O)CCOCC3)CC2)cc1. The van der Waals surface area contributed by atoms with Crippen molar-refractivity contribution in [1.82, 2.24) is 4.31 Å². The number of nitrogens with zero attached hydrogens (tertiary/aromatic N) is 2. The molecule has 1 aromatic rings. The van der Waals surface area contributed by atoms with Gasteiger partial charge < -0.3 is 14.6 Å². The minimum absolute atomic E-state index is 0.115. The van der Waals surface area contributed by atoms with E-state index in [1.807, 2.05) is 6.07 Å². The van der Waals surface area contributed by atoms with Crippen LogP contribution in [0.2, 0.25) is 0 Å². The van der Waals surface area contributed by atoms with Crippen LogP contribution in [0.1, 0.15) is 31.2 Å². The Morgan fingerprint density at radius 2 is 1.86 bits per heavy atom. The van der Waals surface area contributed by atoms with Crippen molar-refractivity contribution in [3.8, 4) is 11.8 Å². The molecule has 1 aromatic carbocycles. The predicted octanol–water partition coefficient (Wildman–Crippen LogP) is 1.61. The molecule has 0 aromatic heterocycles. The Morgan fingerprint density at radius 3 is 2.39 bits per heavy atom. The first-order valence-corrected chi connectivity index (χ1v) is 10.9. The summed E-state index contributed by atoms with van der Waals surface area (Å²) in [5.74, 6) is -0.814. The van der Waals surface area contributed by atoms with E-state index in [1.165, 1.54) is 4.31 Å². The van der Waals surface area contributed by atoms with Crippen LogP contribution in [0, 0.1) is 16.7 Å². The number of aliphatic carboxylic acids is 1. The lowest BCUT2D eigenvalue weighted by atomic mass is 9.82. The fraction of sp³-hybridized carbons (Fsp3) is 0.579. The molecule has 2 aliphatic rings. The highest BCUT2D eigenvalue weighted by Gasteiger charge is 2.45. The van der Waals surface area contributed by atoms with Crippen molar-refractivity contribution in [2.24, 2.45) is 5.41 Å². The quantitative estimate of drug-likeness (QED) is 0.760. The Bertz CT molecular complexity index is 832. The molecule has 0 amide bonds. The standard InChI is InChI=1S/C19H24N2O6S/c20-13-15-1-3-16(4-2-15)27-17-5-9-21(10-6-17)28(24,25)14-19(18(22)23)7-11-26-12-8-19/h1-4,17H,5-12,14H2,(H,22,23). The van der Waals surface area contributed by atoms with Gasteiger partial charge in [0.15, 0.2) is 0 Å². The lowest BCUT2D eigenvalue weighted by Crippen LogP contribution is -2.49. The smallest absolute Gasteiger partial charge is 0.310 e. The number of carbonyl (C=O) groups is 1. The molecule has 0 spiro atoms. The zero-order chi connectivity index (χ0) is 20.2. The van der Waals surface area contributed by atoms with Crippen molar-refractivity contribution in [2.75, 3.05) is 32.1 Å².